The number of halogens is 1. The molecule has 5 aromatic rings. The molecule has 0 radical (unpaired) electrons. The quantitative estimate of drug-likeness (QED) is 0.299. The maximum Gasteiger partial charge on any atom is 0.337 e. The Morgan fingerprint density at radius 3 is 2.29 bits per heavy atom. The van der Waals surface area contributed by atoms with Gasteiger partial charge in [-0.3, -0.25) is 9.13 Å². The largest absolute Gasteiger partial charge is 0.465 e. The summed E-state index contributed by atoms with van der Waals surface area (Å²) in [5.74, 6) is -0.415. The molecule has 0 aliphatic carbocycles. The Bertz CT molecular complexity index is 1550. The van der Waals surface area contributed by atoms with E-state index in [2.05, 4.69) is 12.1 Å². The highest BCUT2D eigenvalue weighted by molar-refractivity contribution is 6.31. The first-order valence-corrected chi connectivity index (χ1v) is 11.2. The zero-order chi connectivity index (χ0) is 23.7. The standard InChI is InChI=1S/C28H21ClN2O3/c1-34-27(32)22-9-5-6-19(16-22)18-30-25-15-12-23(29)17-26(25)31(28(30)33)24-13-10-21(11-14-24)20-7-3-2-4-8-20/h2-17H,18H2,1H3. The van der Waals surface area contributed by atoms with Crippen molar-refractivity contribution in [2.24, 2.45) is 0 Å². The van der Waals surface area contributed by atoms with Crippen LogP contribution in [-0.4, -0.2) is 22.2 Å². The van der Waals surface area contributed by atoms with E-state index in [-0.39, 0.29) is 5.69 Å². The zero-order valence-electron chi connectivity index (χ0n) is 18.4. The monoisotopic (exact) mass is 468 g/mol. The highest BCUT2D eigenvalue weighted by atomic mass is 35.5. The highest BCUT2D eigenvalue weighted by Crippen LogP contribution is 2.25. The van der Waals surface area contributed by atoms with Gasteiger partial charge in [0.25, 0.3) is 0 Å². The third-order valence-corrected chi connectivity index (χ3v) is 6.05. The lowest BCUT2D eigenvalue weighted by atomic mass is 10.1. The smallest absolute Gasteiger partial charge is 0.337 e. The van der Waals surface area contributed by atoms with E-state index >= 15 is 0 Å². The summed E-state index contributed by atoms with van der Waals surface area (Å²) in [6.45, 7) is 0.302. The third kappa shape index (κ3) is 4.02. The number of hydrogen-bond acceptors (Lipinski definition) is 3. The van der Waals surface area contributed by atoms with Crippen LogP contribution in [0.15, 0.2) is 102 Å². The Kier molecular flexibility index (Phi) is 5.78. The predicted octanol–water partition coefficient (Wildman–Crippen LogP) is 5.95. The molecular weight excluding hydrogens is 448 g/mol. The molecule has 6 heteroatoms. The molecule has 0 bridgehead atoms. The fourth-order valence-corrected chi connectivity index (χ4v) is 4.33. The Morgan fingerprint density at radius 2 is 1.56 bits per heavy atom. The molecule has 1 heterocycles. The normalized spacial score (nSPS) is 11.0. The lowest BCUT2D eigenvalue weighted by Gasteiger charge is -2.07. The number of carbonyl (C=O) groups is 1. The van der Waals surface area contributed by atoms with Crippen LogP contribution >= 0.6 is 11.6 Å². The van der Waals surface area contributed by atoms with Crippen molar-refractivity contribution in [2.75, 3.05) is 7.11 Å². The molecule has 0 amide bonds. The number of nitrogens with zero attached hydrogens (tertiary/aromatic N) is 2. The number of hydrogen-bond donors (Lipinski definition) is 0. The minimum Gasteiger partial charge on any atom is -0.465 e. The molecule has 5 rings (SSSR count). The maximum absolute atomic E-state index is 13.6. The van der Waals surface area contributed by atoms with Crippen molar-refractivity contribution in [3.63, 3.8) is 0 Å². The van der Waals surface area contributed by atoms with Crippen molar-refractivity contribution in [3.05, 3.63) is 124 Å². The van der Waals surface area contributed by atoms with E-state index in [1.54, 1.807) is 39.5 Å². The number of ether oxygens (including phenoxy) is 1. The third-order valence-electron chi connectivity index (χ3n) is 5.81. The second-order valence-electron chi connectivity index (χ2n) is 7.94. The summed E-state index contributed by atoms with van der Waals surface area (Å²) >= 11 is 6.30. The van der Waals surface area contributed by atoms with Gasteiger partial charge < -0.3 is 4.74 Å². The number of esters is 1. The van der Waals surface area contributed by atoms with Gasteiger partial charge in [-0.25, -0.2) is 9.59 Å². The van der Waals surface area contributed by atoms with E-state index in [0.29, 0.717) is 22.6 Å². The number of imidazole rings is 1. The van der Waals surface area contributed by atoms with E-state index in [1.807, 2.05) is 54.6 Å². The van der Waals surface area contributed by atoms with E-state index in [9.17, 15) is 9.59 Å². The Labute approximate surface area is 201 Å². The van der Waals surface area contributed by atoms with E-state index in [1.165, 1.54) is 7.11 Å². The van der Waals surface area contributed by atoms with Crippen LogP contribution in [0.5, 0.6) is 0 Å². The van der Waals surface area contributed by atoms with Gasteiger partial charge in [0, 0.05) is 5.02 Å². The van der Waals surface area contributed by atoms with Gasteiger partial charge in [0.15, 0.2) is 0 Å². The van der Waals surface area contributed by atoms with Gasteiger partial charge in [-0.1, -0.05) is 66.2 Å². The van der Waals surface area contributed by atoms with Crippen molar-refractivity contribution in [1.29, 1.82) is 0 Å². The van der Waals surface area contributed by atoms with Gasteiger partial charge in [0.1, 0.15) is 0 Å². The van der Waals surface area contributed by atoms with Crippen LogP contribution in [-0.2, 0) is 11.3 Å². The molecule has 4 aromatic carbocycles. The molecule has 0 saturated heterocycles. The summed E-state index contributed by atoms with van der Waals surface area (Å²) in [4.78, 5) is 25.6. The zero-order valence-corrected chi connectivity index (χ0v) is 19.2. The van der Waals surface area contributed by atoms with Crippen LogP contribution < -0.4 is 5.69 Å². The Balaban J connectivity index is 1.60. The second kappa shape index (κ2) is 9.04. The summed E-state index contributed by atoms with van der Waals surface area (Å²) < 4.78 is 8.18. The molecule has 0 atom stereocenters. The first-order chi connectivity index (χ1) is 16.5. The molecule has 0 unspecified atom stereocenters. The number of aromatic nitrogens is 2. The number of carbonyl (C=O) groups excluding carboxylic acids is 1. The lowest BCUT2D eigenvalue weighted by molar-refractivity contribution is 0.0600. The van der Waals surface area contributed by atoms with Crippen molar-refractivity contribution in [1.82, 2.24) is 9.13 Å². The molecule has 34 heavy (non-hydrogen) atoms. The summed E-state index contributed by atoms with van der Waals surface area (Å²) in [7, 11) is 1.35. The topological polar surface area (TPSA) is 53.2 Å². The van der Waals surface area contributed by atoms with Crippen molar-refractivity contribution < 1.29 is 9.53 Å². The van der Waals surface area contributed by atoms with Crippen molar-refractivity contribution in [3.8, 4) is 16.8 Å². The molecule has 0 spiro atoms. The molecule has 168 valence electrons. The molecular formula is C28H21ClN2O3. The lowest BCUT2D eigenvalue weighted by Crippen LogP contribution is -2.23. The minimum absolute atomic E-state index is 0.187. The number of fused-ring (bicyclic) bond motifs is 1. The maximum atomic E-state index is 13.6. The highest BCUT2D eigenvalue weighted by Gasteiger charge is 2.16. The molecule has 0 aliphatic rings. The van der Waals surface area contributed by atoms with Gasteiger partial charge in [-0.2, -0.15) is 0 Å². The molecule has 0 N–H and O–H groups in total. The molecule has 0 aliphatic heterocycles. The first kappa shape index (κ1) is 21.7. The molecule has 5 nitrogen and oxygen atoms in total. The summed E-state index contributed by atoms with van der Waals surface area (Å²) in [5.41, 5.74) is 5.47. The van der Waals surface area contributed by atoms with Crippen LogP contribution in [0, 0.1) is 0 Å². The van der Waals surface area contributed by atoms with Crippen LogP contribution in [0.2, 0.25) is 5.02 Å². The average Bonchev–Trinajstić information content (AvgIpc) is 3.14. The SMILES string of the molecule is COC(=O)c1cccc(Cn2c(=O)n(-c3ccc(-c4ccccc4)cc3)c3cc(Cl)ccc32)c1. The molecule has 0 fully saturated rings. The van der Waals surface area contributed by atoms with Crippen LogP contribution in [0.4, 0.5) is 0 Å². The Hall–Kier alpha value is -4.09. The van der Waals surface area contributed by atoms with Gasteiger partial charge in [-0.15, -0.1) is 0 Å². The summed E-state index contributed by atoms with van der Waals surface area (Å²) in [6, 6.07) is 30.5. The van der Waals surface area contributed by atoms with Crippen LogP contribution in [0.1, 0.15) is 15.9 Å². The Morgan fingerprint density at radius 1 is 0.824 bits per heavy atom. The van der Waals surface area contributed by atoms with E-state index in [0.717, 1.165) is 27.9 Å². The first-order valence-electron chi connectivity index (χ1n) is 10.8. The summed E-state index contributed by atoms with van der Waals surface area (Å²) in [5, 5.41) is 0.548. The fourth-order valence-electron chi connectivity index (χ4n) is 4.16. The molecule has 1 aromatic heterocycles. The van der Waals surface area contributed by atoms with Gasteiger partial charge in [0.05, 0.1) is 35.9 Å². The van der Waals surface area contributed by atoms with E-state index in [4.69, 9.17) is 16.3 Å². The second-order valence-corrected chi connectivity index (χ2v) is 8.38. The number of methoxy groups -OCH3 is 1. The van der Waals surface area contributed by atoms with Gasteiger partial charge >= 0.3 is 11.7 Å². The van der Waals surface area contributed by atoms with Crippen LogP contribution in [0.3, 0.4) is 0 Å². The number of rotatable bonds is 5. The number of benzene rings is 4. The summed E-state index contributed by atoms with van der Waals surface area (Å²) in [6.07, 6.45) is 0. The van der Waals surface area contributed by atoms with Crippen molar-refractivity contribution >= 4 is 28.6 Å². The van der Waals surface area contributed by atoms with Gasteiger partial charge in [0.2, 0.25) is 0 Å². The molecule has 0 saturated carbocycles. The van der Waals surface area contributed by atoms with Crippen molar-refractivity contribution in [2.45, 2.75) is 6.54 Å². The average molecular weight is 469 g/mol. The fraction of sp³-hybridized carbons (Fsp3) is 0.0714. The minimum atomic E-state index is -0.415. The van der Waals surface area contributed by atoms with E-state index < -0.39 is 5.97 Å². The predicted molar refractivity (Wildman–Crippen MR) is 135 cm³/mol. The van der Waals surface area contributed by atoms with Gasteiger partial charge in [-0.05, 0) is 59.2 Å². The van der Waals surface area contributed by atoms with Crippen LogP contribution in [0.25, 0.3) is 27.8 Å².